The van der Waals surface area contributed by atoms with E-state index >= 15 is 0 Å². The molecule has 5 nitrogen and oxygen atoms in total. The van der Waals surface area contributed by atoms with Gasteiger partial charge in [0.1, 0.15) is 0 Å². The van der Waals surface area contributed by atoms with Crippen molar-refractivity contribution in [2.45, 2.75) is 19.5 Å². The van der Waals surface area contributed by atoms with E-state index in [4.69, 9.17) is 0 Å². The molecule has 17 heavy (non-hydrogen) atoms. The predicted octanol–water partition coefficient (Wildman–Crippen LogP) is 2.63. The molecule has 0 aliphatic carbocycles. The summed E-state index contributed by atoms with van der Waals surface area (Å²) in [6, 6.07) is 1.19. The normalized spacial score (nSPS) is 11.3. The molecule has 0 unspecified atom stereocenters. The summed E-state index contributed by atoms with van der Waals surface area (Å²) in [6.07, 6.45) is -4.25. The van der Waals surface area contributed by atoms with Gasteiger partial charge in [0.2, 0.25) is 0 Å². The van der Waals surface area contributed by atoms with Crippen molar-refractivity contribution in [1.29, 1.82) is 0 Å². The van der Waals surface area contributed by atoms with Crippen LogP contribution in [0.25, 0.3) is 0 Å². The zero-order valence-electron chi connectivity index (χ0n) is 8.82. The molecule has 94 valence electrons. The maximum atomic E-state index is 11.8. The first-order valence-electron chi connectivity index (χ1n) is 4.60. The van der Waals surface area contributed by atoms with Crippen molar-refractivity contribution in [1.82, 2.24) is 4.98 Å². The molecule has 1 rings (SSSR count). The van der Waals surface area contributed by atoms with Crippen LogP contribution in [0.1, 0.15) is 12.0 Å². The molecule has 0 fully saturated rings. The highest BCUT2D eigenvalue weighted by Gasteiger charge is 2.27. The Morgan fingerprint density at radius 3 is 2.71 bits per heavy atom. The van der Waals surface area contributed by atoms with Crippen LogP contribution in [-0.2, 0) is 0 Å². The van der Waals surface area contributed by atoms with Gasteiger partial charge in [-0.3, -0.25) is 10.1 Å². The second-order valence-electron chi connectivity index (χ2n) is 3.31. The molecular formula is C9H9F3N2O3. The third-order valence-corrected chi connectivity index (χ3v) is 1.79. The highest BCUT2D eigenvalue weighted by atomic mass is 19.4. The number of aryl methyl sites for hydroxylation is 1. The van der Waals surface area contributed by atoms with Crippen molar-refractivity contribution in [2.75, 3.05) is 6.61 Å². The number of ether oxygens (including phenoxy) is 1. The van der Waals surface area contributed by atoms with Crippen molar-refractivity contribution in [3.8, 4) is 5.88 Å². The Labute approximate surface area is 94.4 Å². The van der Waals surface area contributed by atoms with Gasteiger partial charge in [-0.15, -0.1) is 0 Å². The number of aromatic nitrogens is 1. The van der Waals surface area contributed by atoms with Crippen LogP contribution in [0.3, 0.4) is 0 Å². The molecule has 1 aromatic rings. The van der Waals surface area contributed by atoms with Crippen molar-refractivity contribution >= 4 is 5.69 Å². The van der Waals surface area contributed by atoms with Crippen LogP contribution in [0.2, 0.25) is 0 Å². The van der Waals surface area contributed by atoms with Crippen LogP contribution >= 0.6 is 0 Å². The van der Waals surface area contributed by atoms with E-state index in [1.807, 2.05) is 0 Å². The Bertz CT molecular complexity index is 420. The van der Waals surface area contributed by atoms with Crippen LogP contribution in [0.15, 0.2) is 12.3 Å². The summed E-state index contributed by atoms with van der Waals surface area (Å²) >= 11 is 0. The molecule has 0 amide bonds. The molecule has 0 aliphatic heterocycles. The van der Waals surface area contributed by atoms with Gasteiger partial charge in [-0.1, -0.05) is 0 Å². The summed E-state index contributed by atoms with van der Waals surface area (Å²) in [5.74, 6) is -0.398. The Morgan fingerprint density at radius 2 is 2.18 bits per heavy atom. The molecule has 0 spiro atoms. The lowest BCUT2D eigenvalue weighted by Crippen LogP contribution is -2.14. The fourth-order valence-corrected chi connectivity index (χ4v) is 1.05. The zero-order chi connectivity index (χ0) is 13.1. The third-order valence-electron chi connectivity index (χ3n) is 1.79. The topological polar surface area (TPSA) is 65.3 Å². The van der Waals surface area contributed by atoms with E-state index in [9.17, 15) is 23.3 Å². The second kappa shape index (κ2) is 4.98. The molecule has 8 heteroatoms. The molecule has 0 saturated heterocycles. The fourth-order valence-electron chi connectivity index (χ4n) is 1.05. The van der Waals surface area contributed by atoms with Crippen molar-refractivity contribution in [3.63, 3.8) is 0 Å². The molecule has 1 heterocycles. The lowest BCUT2D eigenvalue weighted by Gasteiger charge is -2.08. The Morgan fingerprint density at radius 1 is 1.53 bits per heavy atom. The average molecular weight is 250 g/mol. The number of nitrogens with zero attached hydrogens (tertiary/aromatic N) is 2. The third kappa shape index (κ3) is 4.25. The maximum Gasteiger partial charge on any atom is 0.392 e. The largest absolute Gasteiger partial charge is 0.472 e. The van der Waals surface area contributed by atoms with Gasteiger partial charge in [-0.25, -0.2) is 4.98 Å². The van der Waals surface area contributed by atoms with Gasteiger partial charge in [0.25, 0.3) is 5.88 Å². The monoisotopic (exact) mass is 250 g/mol. The smallest absolute Gasteiger partial charge is 0.392 e. The molecule has 1 aromatic heterocycles. The quantitative estimate of drug-likeness (QED) is 0.608. The van der Waals surface area contributed by atoms with E-state index in [1.165, 1.54) is 12.3 Å². The van der Waals surface area contributed by atoms with E-state index in [0.29, 0.717) is 5.56 Å². The SMILES string of the molecule is Cc1cnc(OCCC(F)(F)F)c([N+](=O)[O-])c1. The van der Waals surface area contributed by atoms with Crippen LogP contribution in [0, 0.1) is 17.0 Å². The van der Waals surface area contributed by atoms with Crippen molar-refractivity contribution in [3.05, 3.63) is 27.9 Å². The molecule has 0 aromatic carbocycles. The fraction of sp³-hybridized carbons (Fsp3) is 0.444. The molecule has 0 saturated carbocycles. The first-order chi connectivity index (χ1) is 7.79. The minimum absolute atomic E-state index is 0.398. The van der Waals surface area contributed by atoms with Gasteiger partial charge < -0.3 is 4.74 Å². The number of hydrogen-bond acceptors (Lipinski definition) is 4. The van der Waals surface area contributed by atoms with Gasteiger partial charge in [0.15, 0.2) is 0 Å². The summed E-state index contributed by atoms with van der Waals surface area (Å²) in [6.45, 7) is 0.889. The summed E-state index contributed by atoms with van der Waals surface area (Å²) < 4.78 is 40.2. The lowest BCUT2D eigenvalue weighted by molar-refractivity contribution is -0.386. The molecule has 0 aliphatic rings. The number of rotatable bonds is 4. The number of halogens is 3. The van der Waals surface area contributed by atoms with Crippen molar-refractivity contribution in [2.24, 2.45) is 0 Å². The van der Waals surface area contributed by atoms with Gasteiger partial charge in [-0.2, -0.15) is 13.2 Å². The Kier molecular flexibility index (Phi) is 3.87. The van der Waals surface area contributed by atoms with Crippen LogP contribution < -0.4 is 4.74 Å². The van der Waals surface area contributed by atoms with Crippen LogP contribution in [-0.4, -0.2) is 22.7 Å². The average Bonchev–Trinajstić information content (AvgIpc) is 2.18. The molecule has 0 radical (unpaired) electrons. The van der Waals surface area contributed by atoms with E-state index < -0.39 is 35.7 Å². The number of pyridine rings is 1. The Balaban J connectivity index is 2.74. The lowest BCUT2D eigenvalue weighted by atomic mass is 10.3. The summed E-state index contributed by atoms with van der Waals surface area (Å²) in [5.41, 5.74) is 0.0899. The van der Waals surface area contributed by atoms with E-state index in [-0.39, 0.29) is 0 Å². The van der Waals surface area contributed by atoms with Gasteiger partial charge in [0.05, 0.1) is 18.0 Å². The molecular weight excluding hydrogens is 241 g/mol. The molecule has 0 N–H and O–H groups in total. The highest BCUT2D eigenvalue weighted by molar-refractivity contribution is 5.42. The predicted molar refractivity (Wildman–Crippen MR) is 51.8 cm³/mol. The number of alkyl halides is 3. The minimum Gasteiger partial charge on any atom is -0.472 e. The molecule has 0 atom stereocenters. The maximum absolute atomic E-state index is 11.8. The van der Waals surface area contributed by atoms with E-state index in [1.54, 1.807) is 6.92 Å². The van der Waals surface area contributed by atoms with E-state index in [0.717, 1.165) is 0 Å². The van der Waals surface area contributed by atoms with Crippen LogP contribution in [0.4, 0.5) is 18.9 Å². The zero-order valence-corrected chi connectivity index (χ0v) is 8.82. The minimum atomic E-state index is -4.36. The summed E-state index contributed by atoms with van der Waals surface area (Å²) in [4.78, 5) is 13.4. The second-order valence-corrected chi connectivity index (χ2v) is 3.31. The first-order valence-corrected chi connectivity index (χ1v) is 4.60. The first kappa shape index (κ1) is 13.2. The van der Waals surface area contributed by atoms with Gasteiger partial charge >= 0.3 is 11.9 Å². The van der Waals surface area contributed by atoms with Crippen LogP contribution in [0.5, 0.6) is 5.88 Å². The number of nitro groups is 1. The van der Waals surface area contributed by atoms with Crippen molar-refractivity contribution < 1.29 is 22.8 Å². The summed E-state index contributed by atoms with van der Waals surface area (Å²) in [5, 5.41) is 10.6. The highest BCUT2D eigenvalue weighted by Crippen LogP contribution is 2.26. The summed E-state index contributed by atoms with van der Waals surface area (Å²) in [7, 11) is 0. The molecule has 0 bridgehead atoms. The standard InChI is InChI=1S/C9H9F3N2O3/c1-6-4-7(14(15)16)8(13-5-6)17-3-2-9(10,11)12/h4-5H,2-3H2,1H3. The van der Waals surface area contributed by atoms with E-state index in [2.05, 4.69) is 9.72 Å². The van der Waals surface area contributed by atoms with Gasteiger partial charge in [-0.05, 0) is 12.5 Å². The Hall–Kier alpha value is -1.86. The van der Waals surface area contributed by atoms with Gasteiger partial charge in [0, 0.05) is 12.3 Å². The number of hydrogen-bond donors (Lipinski definition) is 0.